The van der Waals surface area contributed by atoms with Crippen LogP contribution in [0.2, 0.25) is 0 Å². The summed E-state index contributed by atoms with van der Waals surface area (Å²) in [5.74, 6) is -0.766. The quantitative estimate of drug-likeness (QED) is 0.797. The highest BCUT2D eigenvalue weighted by molar-refractivity contribution is 8.01. The van der Waals surface area contributed by atoms with E-state index in [0.717, 1.165) is 6.42 Å². The van der Waals surface area contributed by atoms with Crippen LogP contribution in [0, 0.1) is 0 Å². The molecule has 1 N–H and O–H groups in total. The molecule has 2 unspecified atom stereocenters. The molecule has 0 amide bonds. The van der Waals surface area contributed by atoms with Gasteiger partial charge in [-0.25, -0.2) is 0 Å². The van der Waals surface area contributed by atoms with Crippen molar-refractivity contribution in [3.63, 3.8) is 0 Å². The van der Waals surface area contributed by atoms with Gasteiger partial charge < -0.3 is 5.11 Å². The van der Waals surface area contributed by atoms with Gasteiger partial charge in [-0.05, 0) is 20.3 Å². The first-order valence-electron chi connectivity index (χ1n) is 6.34. The standard InChI is InChI=1S/C11H22N2O4S2/c1-5-6-10-13(9(7-18-10)11(14)15)19(16,17)12(4)8(2)3/h8-10H,5-7H2,1-4H3,(H,14,15). The fraction of sp³-hybridized carbons (Fsp3) is 0.909. The number of aliphatic carboxylic acids is 1. The van der Waals surface area contributed by atoms with E-state index < -0.39 is 22.2 Å². The molecule has 19 heavy (non-hydrogen) atoms. The second-order valence-corrected chi connectivity index (χ2v) is 7.98. The van der Waals surface area contributed by atoms with Crippen LogP contribution in [-0.2, 0) is 15.0 Å². The molecule has 1 saturated heterocycles. The summed E-state index contributed by atoms with van der Waals surface area (Å²) in [5.41, 5.74) is 0. The van der Waals surface area contributed by atoms with Crippen molar-refractivity contribution < 1.29 is 18.3 Å². The summed E-state index contributed by atoms with van der Waals surface area (Å²) < 4.78 is 27.5. The number of carboxylic acids is 1. The average molecular weight is 310 g/mol. The van der Waals surface area contributed by atoms with Gasteiger partial charge in [-0.15, -0.1) is 11.8 Å². The minimum absolute atomic E-state index is 0.202. The van der Waals surface area contributed by atoms with Gasteiger partial charge in [0.05, 0.1) is 5.37 Å². The number of hydrogen-bond acceptors (Lipinski definition) is 4. The van der Waals surface area contributed by atoms with E-state index >= 15 is 0 Å². The Morgan fingerprint density at radius 3 is 2.53 bits per heavy atom. The lowest BCUT2D eigenvalue weighted by Gasteiger charge is -2.32. The van der Waals surface area contributed by atoms with E-state index in [1.807, 2.05) is 6.92 Å². The van der Waals surface area contributed by atoms with Crippen LogP contribution in [-0.4, -0.2) is 58.4 Å². The maximum atomic E-state index is 12.5. The molecular weight excluding hydrogens is 288 g/mol. The van der Waals surface area contributed by atoms with E-state index in [2.05, 4.69) is 0 Å². The first-order chi connectivity index (χ1) is 8.73. The van der Waals surface area contributed by atoms with Crippen LogP contribution in [0.1, 0.15) is 33.6 Å². The van der Waals surface area contributed by atoms with E-state index in [0.29, 0.717) is 12.2 Å². The number of nitrogens with zero attached hydrogens (tertiary/aromatic N) is 2. The van der Waals surface area contributed by atoms with Crippen molar-refractivity contribution in [1.82, 2.24) is 8.61 Å². The summed E-state index contributed by atoms with van der Waals surface area (Å²) >= 11 is 1.41. The van der Waals surface area contributed by atoms with E-state index in [1.165, 1.54) is 27.4 Å². The number of carboxylic acid groups (broad SMARTS) is 1. The fourth-order valence-corrected chi connectivity index (χ4v) is 5.64. The second kappa shape index (κ2) is 6.43. The molecule has 6 nitrogen and oxygen atoms in total. The molecule has 0 bridgehead atoms. The van der Waals surface area contributed by atoms with Crippen molar-refractivity contribution >= 4 is 27.9 Å². The molecule has 1 fully saturated rings. The smallest absolute Gasteiger partial charge is 0.322 e. The zero-order chi connectivity index (χ0) is 14.8. The Bertz CT molecular complexity index is 424. The summed E-state index contributed by atoms with van der Waals surface area (Å²) in [6.07, 6.45) is 1.49. The Morgan fingerprint density at radius 2 is 2.11 bits per heavy atom. The van der Waals surface area contributed by atoms with Crippen molar-refractivity contribution in [3.05, 3.63) is 0 Å². The first kappa shape index (κ1) is 16.7. The highest BCUT2D eigenvalue weighted by Crippen LogP contribution is 2.35. The normalized spacial score (nSPS) is 25.4. The zero-order valence-electron chi connectivity index (χ0n) is 11.7. The predicted molar refractivity (Wildman–Crippen MR) is 76.2 cm³/mol. The Hall–Kier alpha value is -0.310. The molecule has 1 rings (SSSR count). The van der Waals surface area contributed by atoms with Gasteiger partial charge >= 0.3 is 5.97 Å². The summed E-state index contributed by atoms with van der Waals surface area (Å²) in [5, 5.41) is 8.94. The first-order valence-corrected chi connectivity index (χ1v) is 8.79. The molecule has 0 aromatic rings. The van der Waals surface area contributed by atoms with Gasteiger partial charge in [0.25, 0.3) is 10.2 Å². The molecule has 0 aliphatic carbocycles. The summed E-state index contributed by atoms with van der Waals surface area (Å²) in [6.45, 7) is 5.50. The SMILES string of the molecule is CCCC1SCC(C(=O)O)N1S(=O)(=O)N(C)C(C)C. The van der Waals surface area contributed by atoms with Crippen LogP contribution in [0.3, 0.4) is 0 Å². The molecule has 0 radical (unpaired) electrons. The fourth-order valence-electron chi connectivity index (χ4n) is 1.91. The Morgan fingerprint density at radius 1 is 1.53 bits per heavy atom. The van der Waals surface area contributed by atoms with E-state index in [-0.39, 0.29) is 11.4 Å². The largest absolute Gasteiger partial charge is 0.480 e. The third kappa shape index (κ3) is 3.42. The third-order valence-corrected chi connectivity index (χ3v) is 6.90. The molecule has 1 heterocycles. The maximum Gasteiger partial charge on any atom is 0.322 e. The lowest BCUT2D eigenvalue weighted by Crippen LogP contribution is -2.52. The minimum Gasteiger partial charge on any atom is -0.480 e. The third-order valence-electron chi connectivity index (χ3n) is 3.22. The van der Waals surface area contributed by atoms with Gasteiger partial charge in [-0.2, -0.15) is 17.0 Å². The number of hydrogen-bond donors (Lipinski definition) is 1. The minimum atomic E-state index is -3.74. The molecular formula is C11H22N2O4S2. The van der Waals surface area contributed by atoms with Crippen molar-refractivity contribution in [2.45, 2.75) is 51.1 Å². The van der Waals surface area contributed by atoms with Crippen molar-refractivity contribution in [1.29, 1.82) is 0 Å². The van der Waals surface area contributed by atoms with Crippen LogP contribution < -0.4 is 0 Å². The van der Waals surface area contributed by atoms with Crippen molar-refractivity contribution in [3.8, 4) is 0 Å². The van der Waals surface area contributed by atoms with E-state index in [1.54, 1.807) is 13.8 Å². The van der Waals surface area contributed by atoms with E-state index in [4.69, 9.17) is 0 Å². The van der Waals surface area contributed by atoms with Gasteiger partial charge in [0.1, 0.15) is 6.04 Å². The topological polar surface area (TPSA) is 77.9 Å². The summed E-state index contributed by atoms with van der Waals surface area (Å²) in [4.78, 5) is 11.3. The molecule has 112 valence electrons. The van der Waals surface area contributed by atoms with Crippen molar-refractivity contribution in [2.24, 2.45) is 0 Å². The lowest BCUT2D eigenvalue weighted by atomic mass is 10.3. The van der Waals surface area contributed by atoms with Crippen LogP contribution in [0.5, 0.6) is 0 Å². The molecule has 8 heteroatoms. The Balaban J connectivity index is 3.11. The van der Waals surface area contributed by atoms with Crippen LogP contribution in [0.25, 0.3) is 0 Å². The summed E-state index contributed by atoms with van der Waals surface area (Å²) in [7, 11) is -2.25. The second-order valence-electron chi connectivity index (χ2n) is 4.88. The van der Waals surface area contributed by atoms with Gasteiger partial charge in [0, 0.05) is 18.8 Å². The molecule has 1 aliphatic heterocycles. The number of thioether (sulfide) groups is 1. The highest BCUT2D eigenvalue weighted by Gasteiger charge is 2.47. The molecule has 1 aliphatic rings. The summed E-state index contributed by atoms with van der Waals surface area (Å²) in [6, 6.07) is -1.17. The van der Waals surface area contributed by atoms with Gasteiger partial charge in [0.2, 0.25) is 0 Å². The van der Waals surface area contributed by atoms with Gasteiger partial charge in [-0.3, -0.25) is 4.79 Å². The zero-order valence-corrected chi connectivity index (χ0v) is 13.4. The lowest BCUT2D eigenvalue weighted by molar-refractivity contribution is -0.140. The number of rotatable bonds is 6. The average Bonchev–Trinajstić information content (AvgIpc) is 2.72. The van der Waals surface area contributed by atoms with Crippen LogP contribution in [0.4, 0.5) is 0 Å². The Labute approximate surface area is 119 Å². The maximum absolute atomic E-state index is 12.5. The molecule has 0 aromatic heterocycles. The van der Waals surface area contributed by atoms with Crippen LogP contribution in [0.15, 0.2) is 0 Å². The number of carbonyl (C=O) groups is 1. The van der Waals surface area contributed by atoms with Crippen LogP contribution >= 0.6 is 11.8 Å². The monoisotopic (exact) mass is 310 g/mol. The molecule has 0 spiro atoms. The van der Waals surface area contributed by atoms with Crippen molar-refractivity contribution in [2.75, 3.05) is 12.8 Å². The van der Waals surface area contributed by atoms with Gasteiger partial charge in [-0.1, -0.05) is 13.3 Å². The molecule has 0 saturated carbocycles. The van der Waals surface area contributed by atoms with Gasteiger partial charge in [0.15, 0.2) is 0 Å². The predicted octanol–water partition coefficient (Wildman–Crippen LogP) is 1.20. The van der Waals surface area contributed by atoms with E-state index in [9.17, 15) is 18.3 Å². The molecule has 2 atom stereocenters. The molecule has 0 aromatic carbocycles. The Kier molecular flexibility index (Phi) is 5.66. The highest BCUT2D eigenvalue weighted by atomic mass is 32.2.